The predicted octanol–water partition coefficient (Wildman–Crippen LogP) is 0.434. The highest BCUT2D eigenvalue weighted by Gasteiger charge is 2.45. The average molecular weight is 585 g/mol. The van der Waals surface area contributed by atoms with Crippen molar-refractivity contribution < 1.29 is 59.1 Å². The van der Waals surface area contributed by atoms with Crippen molar-refractivity contribution in [3.63, 3.8) is 0 Å². The van der Waals surface area contributed by atoms with Crippen LogP contribution in [0.5, 0.6) is 23.0 Å². The number of phenolic OH excluding ortho intramolecular Hbond substituents is 2. The van der Waals surface area contributed by atoms with E-state index in [1.165, 1.54) is 24.3 Å². The van der Waals surface area contributed by atoms with Gasteiger partial charge < -0.3 is 54.3 Å². The largest absolute Gasteiger partial charge is 0.508 e. The first kappa shape index (κ1) is 31.9. The highest BCUT2D eigenvalue weighted by atomic mass is 32.1. The van der Waals surface area contributed by atoms with Crippen molar-refractivity contribution in [2.75, 3.05) is 45.4 Å². The Kier molecular flexibility index (Phi) is 12.7. The van der Waals surface area contributed by atoms with Gasteiger partial charge in [0.2, 0.25) is 6.29 Å². The van der Waals surface area contributed by atoms with Crippen LogP contribution in [-0.4, -0.2) is 113 Å². The van der Waals surface area contributed by atoms with Crippen LogP contribution >= 0.6 is 12.6 Å². The second kappa shape index (κ2) is 16.0. The van der Waals surface area contributed by atoms with Gasteiger partial charge in [0.25, 0.3) is 0 Å². The molecule has 0 bridgehead atoms. The van der Waals surface area contributed by atoms with E-state index in [1.807, 2.05) is 0 Å². The Labute approximate surface area is 237 Å². The number of aromatic hydroxyl groups is 2. The number of Topliss-reactive ketones (excluding diaryl/α,β-unsaturated/α-hetero) is 1. The molecule has 1 heterocycles. The topological polar surface area (TPSA) is 185 Å². The molecular weight excluding hydrogens is 548 g/mol. The van der Waals surface area contributed by atoms with Gasteiger partial charge in [-0.3, -0.25) is 4.79 Å². The molecule has 0 spiro atoms. The molecule has 0 radical (unpaired) electrons. The zero-order chi connectivity index (χ0) is 29.1. The molecule has 222 valence electrons. The number of hydrogen-bond donors (Lipinski definition) is 7. The zero-order valence-electron chi connectivity index (χ0n) is 21.8. The van der Waals surface area contributed by atoms with Crippen LogP contribution in [0.4, 0.5) is 0 Å². The van der Waals surface area contributed by atoms with E-state index in [2.05, 4.69) is 12.6 Å². The molecule has 2 aromatic carbocycles. The van der Waals surface area contributed by atoms with Crippen molar-refractivity contribution in [3.8, 4) is 23.0 Å². The number of aliphatic hydroxyl groups excluding tert-OH is 4. The summed E-state index contributed by atoms with van der Waals surface area (Å²) in [6, 6.07) is 8.89. The Hall–Kier alpha value is -2.62. The highest BCUT2D eigenvalue weighted by molar-refractivity contribution is 7.80. The summed E-state index contributed by atoms with van der Waals surface area (Å²) in [5, 5.41) is 60.4. The monoisotopic (exact) mass is 584 g/mol. The number of phenols is 2. The minimum Gasteiger partial charge on any atom is -0.508 e. The first-order valence-corrected chi connectivity index (χ1v) is 13.4. The zero-order valence-corrected chi connectivity index (χ0v) is 22.7. The molecule has 1 unspecified atom stereocenters. The molecule has 5 atom stereocenters. The number of aryl methyl sites for hydroxylation is 1. The maximum atomic E-state index is 13.2. The molecule has 1 aliphatic heterocycles. The van der Waals surface area contributed by atoms with Crippen molar-refractivity contribution in [2.45, 2.75) is 43.5 Å². The van der Waals surface area contributed by atoms with Gasteiger partial charge in [0, 0.05) is 24.3 Å². The number of ether oxygens (including phenoxy) is 5. The van der Waals surface area contributed by atoms with Crippen molar-refractivity contribution in [1.29, 1.82) is 0 Å². The first-order chi connectivity index (χ1) is 19.2. The molecule has 2 aromatic rings. The lowest BCUT2D eigenvalue weighted by Gasteiger charge is -2.39. The van der Waals surface area contributed by atoms with Crippen molar-refractivity contribution in [2.24, 2.45) is 0 Å². The number of rotatable bonds is 16. The van der Waals surface area contributed by atoms with Crippen LogP contribution in [0.2, 0.25) is 0 Å². The molecule has 0 aromatic heterocycles. The molecule has 0 aliphatic carbocycles. The smallest absolute Gasteiger partial charge is 0.229 e. The van der Waals surface area contributed by atoms with E-state index < -0.39 is 48.8 Å². The molecular formula is C27H36O12S. The summed E-state index contributed by atoms with van der Waals surface area (Å²) in [4.78, 5) is 13.2. The Morgan fingerprint density at radius 1 is 0.900 bits per heavy atom. The lowest BCUT2D eigenvalue weighted by molar-refractivity contribution is -0.277. The number of aliphatic hydroxyl groups is 4. The van der Waals surface area contributed by atoms with Gasteiger partial charge in [0.15, 0.2) is 5.78 Å². The van der Waals surface area contributed by atoms with Crippen molar-refractivity contribution in [1.82, 2.24) is 0 Å². The molecule has 1 saturated heterocycles. The lowest BCUT2D eigenvalue weighted by atomic mass is 9.99. The van der Waals surface area contributed by atoms with Gasteiger partial charge in [-0.25, -0.2) is 0 Å². The Bertz CT molecular complexity index is 1060. The minimum absolute atomic E-state index is 0.0350. The number of hydrogen-bond acceptors (Lipinski definition) is 13. The van der Waals surface area contributed by atoms with Crippen LogP contribution in [0.3, 0.4) is 0 Å². The fourth-order valence-corrected chi connectivity index (χ4v) is 4.10. The lowest BCUT2D eigenvalue weighted by Crippen LogP contribution is -2.60. The molecule has 12 nitrogen and oxygen atoms in total. The van der Waals surface area contributed by atoms with Gasteiger partial charge in [-0.1, -0.05) is 12.1 Å². The standard InChI is InChI=1S/C27H36O12S/c28-15-22-24(32)25(33)26(34)27(39-22)38-21-14-18(37-10-9-35-7-8-36-11-12-40)13-20(31)23(21)19(30)6-3-16-1-4-17(29)5-2-16/h1-2,4-5,13-14,22,24-29,31-34,40H,3,6-12,15H2/t22-,24-,25?,26-,27-/m1/s1. The minimum atomic E-state index is -1.73. The van der Waals surface area contributed by atoms with Crippen LogP contribution in [0.15, 0.2) is 36.4 Å². The summed E-state index contributed by atoms with van der Waals surface area (Å²) < 4.78 is 27.5. The Balaban J connectivity index is 1.75. The van der Waals surface area contributed by atoms with E-state index in [0.717, 1.165) is 5.56 Å². The second-order valence-electron chi connectivity index (χ2n) is 9.02. The van der Waals surface area contributed by atoms with E-state index in [1.54, 1.807) is 12.1 Å². The van der Waals surface area contributed by atoms with Crippen LogP contribution in [0.25, 0.3) is 0 Å². The molecule has 0 saturated carbocycles. The summed E-state index contributed by atoms with van der Waals surface area (Å²) in [5.74, 6) is -0.325. The molecule has 1 aliphatic rings. The van der Waals surface area contributed by atoms with Gasteiger partial charge in [0.05, 0.1) is 33.0 Å². The van der Waals surface area contributed by atoms with Gasteiger partial charge in [-0.05, 0) is 24.1 Å². The molecule has 6 N–H and O–H groups in total. The van der Waals surface area contributed by atoms with Crippen LogP contribution in [0, 0.1) is 0 Å². The van der Waals surface area contributed by atoms with Crippen molar-refractivity contribution in [3.05, 3.63) is 47.5 Å². The highest BCUT2D eigenvalue weighted by Crippen LogP contribution is 2.37. The fraction of sp³-hybridized carbons (Fsp3) is 0.519. The number of benzene rings is 2. The Morgan fingerprint density at radius 2 is 1.57 bits per heavy atom. The normalized spacial score (nSPS) is 22.7. The molecule has 40 heavy (non-hydrogen) atoms. The molecule has 13 heteroatoms. The van der Waals surface area contributed by atoms with Crippen molar-refractivity contribution >= 4 is 18.4 Å². The van der Waals surface area contributed by atoms with Crippen LogP contribution in [0.1, 0.15) is 22.3 Å². The van der Waals surface area contributed by atoms with E-state index in [-0.39, 0.29) is 42.4 Å². The fourth-order valence-electron chi connectivity index (χ4n) is 3.97. The summed E-state index contributed by atoms with van der Waals surface area (Å²) >= 11 is 4.05. The number of carbonyl (C=O) groups excluding carboxylic acids is 1. The van der Waals surface area contributed by atoms with Crippen LogP contribution in [-0.2, 0) is 20.6 Å². The molecule has 3 rings (SSSR count). The average Bonchev–Trinajstić information content (AvgIpc) is 2.94. The Morgan fingerprint density at radius 3 is 2.25 bits per heavy atom. The summed E-state index contributed by atoms with van der Waals surface area (Å²) in [6.07, 6.45) is -7.60. The quantitative estimate of drug-likeness (QED) is 0.0822. The predicted molar refractivity (Wildman–Crippen MR) is 144 cm³/mol. The van der Waals surface area contributed by atoms with E-state index in [0.29, 0.717) is 32.0 Å². The van der Waals surface area contributed by atoms with Crippen LogP contribution < -0.4 is 9.47 Å². The molecule has 1 fully saturated rings. The summed E-state index contributed by atoms with van der Waals surface area (Å²) in [5.41, 5.74) is 0.568. The number of ketones is 1. The van der Waals surface area contributed by atoms with E-state index >= 15 is 0 Å². The molecule has 0 amide bonds. The summed E-state index contributed by atoms with van der Waals surface area (Å²) in [7, 11) is 0. The van der Waals surface area contributed by atoms with E-state index in [9.17, 15) is 35.4 Å². The third-order valence-corrected chi connectivity index (χ3v) is 6.29. The second-order valence-corrected chi connectivity index (χ2v) is 9.46. The number of carbonyl (C=O) groups is 1. The SMILES string of the molecule is O=C(CCc1ccc(O)cc1)c1c(O)cc(OCCOCCOCCS)cc1O[C@@H]1O[C@H](CO)[C@@H](O)C(O)[C@H]1O. The van der Waals surface area contributed by atoms with Gasteiger partial charge >= 0.3 is 0 Å². The van der Waals surface area contributed by atoms with Gasteiger partial charge in [-0.15, -0.1) is 0 Å². The number of thiol groups is 1. The van der Waals surface area contributed by atoms with E-state index in [4.69, 9.17) is 23.7 Å². The first-order valence-electron chi connectivity index (χ1n) is 12.8. The summed E-state index contributed by atoms with van der Waals surface area (Å²) in [6.45, 7) is 0.902. The third-order valence-electron chi connectivity index (χ3n) is 6.11. The van der Waals surface area contributed by atoms with Gasteiger partial charge in [0.1, 0.15) is 59.6 Å². The maximum absolute atomic E-state index is 13.2. The third kappa shape index (κ3) is 8.94. The van der Waals surface area contributed by atoms with Gasteiger partial charge in [-0.2, -0.15) is 12.6 Å². The maximum Gasteiger partial charge on any atom is 0.229 e.